The van der Waals surface area contributed by atoms with Gasteiger partial charge in [0.25, 0.3) is 0 Å². The molecule has 3 heterocycles. The van der Waals surface area contributed by atoms with Gasteiger partial charge in [0.05, 0.1) is 28.5 Å². The minimum Gasteiger partial charge on any atom is -0.351 e. The molecule has 5 rings (SSSR count). The Kier molecular flexibility index (Phi) is 5.92. The molecule has 0 saturated carbocycles. The molecule has 1 fully saturated rings. The molecule has 0 unspecified atom stereocenters. The predicted octanol–water partition coefficient (Wildman–Crippen LogP) is 6.94. The molecule has 0 radical (unpaired) electrons. The van der Waals surface area contributed by atoms with E-state index in [1.807, 2.05) is 36.5 Å². The van der Waals surface area contributed by atoms with Crippen LogP contribution in [0.25, 0.3) is 5.69 Å². The van der Waals surface area contributed by atoms with E-state index in [1.165, 1.54) is 16.7 Å². The standard InChI is InChI=1S/C28H27ClN4S/c1-17-12-13-21(15-18(17)2)33-27(26(31-28(33)34)24-10-7-8-14-30-24)22-16-19(3)32(20(22)4)25-11-6-5-9-23(25)29/h5-16,26-27H,1-4H3,(H,31,34)/t26-,27+/m0/s1. The van der Waals surface area contributed by atoms with Gasteiger partial charge in [-0.2, -0.15) is 0 Å². The maximum atomic E-state index is 6.60. The first-order valence-electron chi connectivity index (χ1n) is 11.4. The van der Waals surface area contributed by atoms with Crippen molar-refractivity contribution in [3.05, 3.63) is 112 Å². The Morgan fingerprint density at radius 2 is 1.68 bits per heavy atom. The number of para-hydroxylation sites is 1. The summed E-state index contributed by atoms with van der Waals surface area (Å²) in [5.74, 6) is 0. The molecule has 0 bridgehead atoms. The van der Waals surface area contributed by atoms with Crippen LogP contribution in [0.2, 0.25) is 5.02 Å². The molecule has 1 aliphatic heterocycles. The topological polar surface area (TPSA) is 33.1 Å². The fraction of sp³-hybridized carbons (Fsp3) is 0.214. The Morgan fingerprint density at radius 1 is 0.912 bits per heavy atom. The lowest BCUT2D eigenvalue weighted by atomic mass is 9.96. The van der Waals surface area contributed by atoms with Crippen molar-refractivity contribution in [2.24, 2.45) is 0 Å². The van der Waals surface area contributed by atoms with E-state index in [2.05, 4.69) is 83.9 Å². The van der Waals surface area contributed by atoms with Crippen LogP contribution in [0.1, 0.15) is 45.9 Å². The minimum atomic E-state index is -0.0875. The number of rotatable bonds is 4. The van der Waals surface area contributed by atoms with Crippen molar-refractivity contribution >= 4 is 34.6 Å². The number of anilines is 1. The van der Waals surface area contributed by atoms with E-state index in [1.54, 1.807) is 0 Å². The van der Waals surface area contributed by atoms with Crippen LogP contribution in [0.3, 0.4) is 0 Å². The number of aryl methyl sites for hydroxylation is 3. The molecular formula is C28H27ClN4S. The molecule has 4 aromatic rings. The van der Waals surface area contributed by atoms with Gasteiger partial charge >= 0.3 is 0 Å². The first-order valence-corrected chi connectivity index (χ1v) is 12.2. The molecule has 0 amide bonds. The van der Waals surface area contributed by atoms with Crippen LogP contribution in [-0.4, -0.2) is 14.7 Å². The molecule has 4 nitrogen and oxygen atoms in total. The number of pyridine rings is 1. The van der Waals surface area contributed by atoms with Crippen molar-refractivity contribution < 1.29 is 0 Å². The Morgan fingerprint density at radius 3 is 2.38 bits per heavy atom. The molecule has 1 saturated heterocycles. The molecule has 2 atom stereocenters. The van der Waals surface area contributed by atoms with E-state index in [4.69, 9.17) is 23.8 Å². The minimum absolute atomic E-state index is 0.0630. The summed E-state index contributed by atoms with van der Waals surface area (Å²) in [4.78, 5) is 6.92. The smallest absolute Gasteiger partial charge is 0.174 e. The lowest BCUT2D eigenvalue weighted by Gasteiger charge is -2.28. The average Bonchev–Trinajstić information content (AvgIpc) is 3.32. The number of nitrogens with zero attached hydrogens (tertiary/aromatic N) is 3. The molecule has 1 N–H and O–H groups in total. The Labute approximate surface area is 211 Å². The maximum Gasteiger partial charge on any atom is 0.174 e. The highest BCUT2D eigenvalue weighted by Gasteiger charge is 2.42. The van der Waals surface area contributed by atoms with Gasteiger partial charge in [-0.15, -0.1) is 0 Å². The third kappa shape index (κ3) is 3.79. The summed E-state index contributed by atoms with van der Waals surface area (Å²) in [6, 6.07) is 22.6. The number of hydrogen-bond acceptors (Lipinski definition) is 2. The van der Waals surface area contributed by atoms with Gasteiger partial charge in [-0.05, 0) is 99.1 Å². The number of benzene rings is 2. The summed E-state index contributed by atoms with van der Waals surface area (Å²) in [7, 11) is 0. The Hall–Kier alpha value is -3.15. The predicted molar refractivity (Wildman–Crippen MR) is 144 cm³/mol. The second kappa shape index (κ2) is 8.90. The molecule has 6 heteroatoms. The zero-order valence-electron chi connectivity index (χ0n) is 19.7. The van der Waals surface area contributed by atoms with E-state index in [0.29, 0.717) is 5.11 Å². The zero-order valence-corrected chi connectivity index (χ0v) is 21.3. The quantitative estimate of drug-likeness (QED) is 0.317. The van der Waals surface area contributed by atoms with Crippen molar-refractivity contribution in [3.63, 3.8) is 0 Å². The van der Waals surface area contributed by atoms with Crippen LogP contribution < -0.4 is 10.2 Å². The SMILES string of the molecule is Cc1ccc(N2C(=S)N[C@@H](c3ccccn3)[C@H]2c2cc(C)n(-c3ccccc3Cl)c2C)cc1C. The van der Waals surface area contributed by atoms with Crippen molar-refractivity contribution in [2.45, 2.75) is 39.8 Å². The lowest BCUT2D eigenvalue weighted by Crippen LogP contribution is -2.29. The first kappa shape index (κ1) is 22.6. The second-order valence-corrected chi connectivity index (χ2v) is 9.67. The van der Waals surface area contributed by atoms with Gasteiger partial charge in [0.2, 0.25) is 0 Å². The van der Waals surface area contributed by atoms with Crippen LogP contribution in [0.5, 0.6) is 0 Å². The van der Waals surface area contributed by atoms with Gasteiger partial charge in [-0.1, -0.05) is 35.9 Å². The van der Waals surface area contributed by atoms with Crippen LogP contribution in [0, 0.1) is 27.7 Å². The van der Waals surface area contributed by atoms with Crippen molar-refractivity contribution in [2.75, 3.05) is 4.90 Å². The molecule has 0 aliphatic carbocycles. The largest absolute Gasteiger partial charge is 0.351 e. The van der Waals surface area contributed by atoms with E-state index in [9.17, 15) is 0 Å². The van der Waals surface area contributed by atoms with Gasteiger partial charge in [-0.3, -0.25) is 4.98 Å². The van der Waals surface area contributed by atoms with Crippen molar-refractivity contribution in [1.82, 2.24) is 14.9 Å². The molecule has 34 heavy (non-hydrogen) atoms. The number of aromatic nitrogens is 2. The summed E-state index contributed by atoms with van der Waals surface area (Å²) < 4.78 is 2.23. The molecule has 2 aromatic heterocycles. The van der Waals surface area contributed by atoms with Crippen LogP contribution in [0.15, 0.2) is 72.9 Å². The Bertz CT molecular complexity index is 1380. The average molecular weight is 487 g/mol. The van der Waals surface area contributed by atoms with Gasteiger partial charge in [0.15, 0.2) is 5.11 Å². The summed E-state index contributed by atoms with van der Waals surface area (Å²) in [5.41, 5.74) is 8.97. The number of hydrogen-bond donors (Lipinski definition) is 1. The first-order chi connectivity index (χ1) is 16.4. The normalized spacial score (nSPS) is 17.8. The van der Waals surface area contributed by atoms with E-state index in [0.717, 1.165) is 33.5 Å². The third-order valence-corrected chi connectivity index (χ3v) is 7.38. The highest BCUT2D eigenvalue weighted by atomic mass is 35.5. The molecular weight excluding hydrogens is 460 g/mol. The molecule has 1 aliphatic rings. The Balaban J connectivity index is 1.70. The maximum absolute atomic E-state index is 6.60. The van der Waals surface area contributed by atoms with E-state index < -0.39 is 0 Å². The number of thiocarbonyl (C=S) groups is 1. The third-order valence-electron chi connectivity index (χ3n) is 6.75. The van der Waals surface area contributed by atoms with Crippen molar-refractivity contribution in [3.8, 4) is 5.69 Å². The monoisotopic (exact) mass is 486 g/mol. The van der Waals surface area contributed by atoms with Gasteiger partial charge in [0, 0.05) is 23.3 Å². The fourth-order valence-corrected chi connectivity index (χ4v) is 5.48. The van der Waals surface area contributed by atoms with E-state index in [-0.39, 0.29) is 12.1 Å². The lowest BCUT2D eigenvalue weighted by molar-refractivity contribution is 0.565. The van der Waals surface area contributed by atoms with Gasteiger partial charge < -0.3 is 14.8 Å². The van der Waals surface area contributed by atoms with Crippen LogP contribution in [-0.2, 0) is 0 Å². The summed E-state index contributed by atoms with van der Waals surface area (Å²) in [6.45, 7) is 8.54. The fourth-order valence-electron chi connectivity index (χ4n) is 4.92. The number of nitrogens with one attached hydrogen (secondary N) is 1. The molecule has 0 spiro atoms. The summed E-state index contributed by atoms with van der Waals surface area (Å²) in [6.07, 6.45) is 1.84. The van der Waals surface area contributed by atoms with Crippen LogP contribution in [0.4, 0.5) is 5.69 Å². The zero-order chi connectivity index (χ0) is 24.0. The van der Waals surface area contributed by atoms with Crippen molar-refractivity contribution in [1.29, 1.82) is 0 Å². The van der Waals surface area contributed by atoms with E-state index >= 15 is 0 Å². The summed E-state index contributed by atoms with van der Waals surface area (Å²) in [5, 5.41) is 4.99. The van der Waals surface area contributed by atoms with Gasteiger partial charge in [0.1, 0.15) is 0 Å². The number of halogens is 1. The molecule has 2 aromatic carbocycles. The van der Waals surface area contributed by atoms with Gasteiger partial charge in [-0.25, -0.2) is 0 Å². The molecule has 172 valence electrons. The highest BCUT2D eigenvalue weighted by molar-refractivity contribution is 7.80. The second-order valence-electron chi connectivity index (χ2n) is 8.88. The highest BCUT2D eigenvalue weighted by Crippen LogP contribution is 2.44. The summed E-state index contributed by atoms with van der Waals surface area (Å²) >= 11 is 12.5. The van der Waals surface area contributed by atoms with Crippen LogP contribution >= 0.6 is 23.8 Å².